The van der Waals surface area contributed by atoms with Crippen LogP contribution in [0.4, 0.5) is 5.82 Å². The number of nitrogens with zero attached hydrogens (tertiary/aromatic N) is 2. The van der Waals surface area contributed by atoms with Crippen molar-refractivity contribution in [2.75, 3.05) is 5.73 Å². The van der Waals surface area contributed by atoms with Gasteiger partial charge in [0, 0.05) is 6.20 Å². The first-order valence-corrected chi connectivity index (χ1v) is 3.01. The van der Waals surface area contributed by atoms with Crippen LogP contribution in [0.2, 0.25) is 0 Å². The SMILES string of the molecule is C#CC(=O)n1c(N)ccnc1=O. The van der Waals surface area contributed by atoms with Gasteiger partial charge >= 0.3 is 11.6 Å². The van der Waals surface area contributed by atoms with E-state index in [1.54, 1.807) is 5.92 Å². The van der Waals surface area contributed by atoms with Gasteiger partial charge in [0.2, 0.25) is 0 Å². The van der Waals surface area contributed by atoms with E-state index in [-0.39, 0.29) is 5.82 Å². The number of carbonyl (C=O) groups is 1. The van der Waals surface area contributed by atoms with Gasteiger partial charge in [0.25, 0.3) is 0 Å². The second kappa shape index (κ2) is 2.88. The Morgan fingerprint density at radius 2 is 2.42 bits per heavy atom. The summed E-state index contributed by atoms with van der Waals surface area (Å²) in [6, 6.07) is 1.32. The number of anilines is 1. The zero-order chi connectivity index (χ0) is 9.14. The molecule has 0 radical (unpaired) electrons. The van der Waals surface area contributed by atoms with Gasteiger partial charge in [-0.2, -0.15) is 0 Å². The Morgan fingerprint density at radius 3 is 2.92 bits per heavy atom. The van der Waals surface area contributed by atoms with Crippen molar-refractivity contribution in [2.45, 2.75) is 0 Å². The highest BCUT2D eigenvalue weighted by Crippen LogP contribution is 1.93. The number of hydrogen-bond acceptors (Lipinski definition) is 4. The van der Waals surface area contributed by atoms with Crippen LogP contribution in [0.25, 0.3) is 0 Å². The monoisotopic (exact) mass is 163 g/mol. The second-order valence-electron chi connectivity index (χ2n) is 1.94. The maximum Gasteiger partial charge on any atom is 0.356 e. The van der Waals surface area contributed by atoms with E-state index in [0.29, 0.717) is 4.57 Å². The van der Waals surface area contributed by atoms with Crippen molar-refractivity contribution in [3.05, 3.63) is 22.7 Å². The molecule has 0 aliphatic rings. The zero-order valence-electron chi connectivity index (χ0n) is 6.02. The Kier molecular flexibility index (Phi) is 1.92. The van der Waals surface area contributed by atoms with Gasteiger partial charge in [-0.1, -0.05) is 0 Å². The molecule has 1 aromatic rings. The third kappa shape index (κ3) is 1.18. The fourth-order valence-electron chi connectivity index (χ4n) is 0.689. The molecule has 0 aliphatic carbocycles. The third-order valence-corrected chi connectivity index (χ3v) is 1.21. The molecule has 0 unspecified atom stereocenters. The van der Waals surface area contributed by atoms with Gasteiger partial charge in [-0.3, -0.25) is 4.79 Å². The summed E-state index contributed by atoms with van der Waals surface area (Å²) in [5.74, 6) is 0.937. The average Bonchev–Trinajstić information content (AvgIpc) is 2.03. The molecular weight excluding hydrogens is 158 g/mol. The molecule has 5 nitrogen and oxygen atoms in total. The van der Waals surface area contributed by atoms with E-state index in [1.165, 1.54) is 12.3 Å². The number of terminal acetylenes is 1. The van der Waals surface area contributed by atoms with E-state index in [4.69, 9.17) is 12.2 Å². The lowest BCUT2D eigenvalue weighted by Crippen LogP contribution is -2.29. The number of nitrogens with two attached hydrogens (primary N) is 1. The van der Waals surface area contributed by atoms with E-state index in [9.17, 15) is 9.59 Å². The molecule has 0 aromatic carbocycles. The summed E-state index contributed by atoms with van der Waals surface area (Å²) in [6.45, 7) is 0. The number of rotatable bonds is 0. The smallest absolute Gasteiger partial charge is 0.356 e. The highest BCUT2D eigenvalue weighted by molar-refractivity contribution is 5.96. The molecule has 0 bridgehead atoms. The summed E-state index contributed by atoms with van der Waals surface area (Å²) in [5, 5.41) is 0. The predicted molar refractivity (Wildman–Crippen MR) is 42.4 cm³/mol. The minimum absolute atomic E-state index is 0.0158. The summed E-state index contributed by atoms with van der Waals surface area (Å²) in [4.78, 5) is 25.1. The molecule has 1 aromatic heterocycles. The van der Waals surface area contributed by atoms with Crippen molar-refractivity contribution in [1.29, 1.82) is 0 Å². The Morgan fingerprint density at radius 1 is 1.75 bits per heavy atom. The van der Waals surface area contributed by atoms with Crippen LogP contribution >= 0.6 is 0 Å². The molecule has 60 valence electrons. The van der Waals surface area contributed by atoms with E-state index in [0.717, 1.165) is 0 Å². The lowest BCUT2D eigenvalue weighted by Gasteiger charge is -2.00. The molecule has 2 N–H and O–H groups in total. The van der Waals surface area contributed by atoms with Gasteiger partial charge in [-0.25, -0.2) is 14.3 Å². The fraction of sp³-hybridized carbons (Fsp3) is 0. The van der Waals surface area contributed by atoms with Gasteiger partial charge in [0.05, 0.1) is 0 Å². The van der Waals surface area contributed by atoms with E-state index >= 15 is 0 Å². The Bertz CT molecular complexity index is 413. The van der Waals surface area contributed by atoms with Gasteiger partial charge in [-0.05, 0) is 12.0 Å². The van der Waals surface area contributed by atoms with Crippen LogP contribution in [-0.2, 0) is 0 Å². The molecule has 0 saturated carbocycles. The van der Waals surface area contributed by atoms with Crippen molar-refractivity contribution in [3.8, 4) is 12.3 Å². The standard InChI is InChI=1S/C7H5N3O2/c1-2-6(11)10-5(8)3-4-9-7(10)12/h1,3-4H,8H2. The zero-order valence-corrected chi connectivity index (χ0v) is 6.02. The van der Waals surface area contributed by atoms with Gasteiger partial charge < -0.3 is 5.73 Å². The maximum absolute atomic E-state index is 10.9. The molecular formula is C7H5N3O2. The van der Waals surface area contributed by atoms with E-state index in [2.05, 4.69) is 4.98 Å². The third-order valence-electron chi connectivity index (χ3n) is 1.21. The highest BCUT2D eigenvalue weighted by atomic mass is 16.2. The molecule has 1 heterocycles. The lowest BCUT2D eigenvalue weighted by molar-refractivity contribution is 0.0977. The normalized spacial score (nSPS) is 8.92. The Balaban J connectivity index is 3.44. The summed E-state index contributed by atoms with van der Waals surface area (Å²) in [5.41, 5.74) is 4.54. The van der Waals surface area contributed by atoms with Gasteiger partial charge in [0.15, 0.2) is 0 Å². The Labute approximate surface area is 67.8 Å². The van der Waals surface area contributed by atoms with E-state index in [1.807, 2.05) is 0 Å². The quantitative estimate of drug-likeness (QED) is 0.502. The summed E-state index contributed by atoms with van der Waals surface area (Å²) >= 11 is 0. The molecule has 0 fully saturated rings. The molecule has 0 atom stereocenters. The molecule has 0 aliphatic heterocycles. The second-order valence-corrected chi connectivity index (χ2v) is 1.94. The molecule has 0 spiro atoms. The predicted octanol–water partition coefficient (Wildman–Crippen LogP) is -0.901. The molecule has 12 heavy (non-hydrogen) atoms. The van der Waals surface area contributed by atoms with Crippen LogP contribution in [0, 0.1) is 12.3 Å². The first-order valence-electron chi connectivity index (χ1n) is 3.01. The number of hydrogen-bond donors (Lipinski definition) is 1. The summed E-state index contributed by atoms with van der Waals surface area (Å²) in [7, 11) is 0. The minimum atomic E-state index is -0.814. The van der Waals surface area contributed by atoms with Crippen molar-refractivity contribution >= 4 is 11.7 Å². The van der Waals surface area contributed by atoms with Crippen molar-refractivity contribution in [2.24, 2.45) is 0 Å². The summed E-state index contributed by atoms with van der Waals surface area (Å²) < 4.78 is 0.625. The van der Waals surface area contributed by atoms with Crippen LogP contribution in [0.1, 0.15) is 4.79 Å². The topological polar surface area (TPSA) is 78.0 Å². The highest BCUT2D eigenvalue weighted by Gasteiger charge is 2.06. The van der Waals surface area contributed by atoms with Gasteiger partial charge in [-0.15, -0.1) is 6.42 Å². The number of carbonyl (C=O) groups excluding carboxylic acids is 1. The van der Waals surface area contributed by atoms with Crippen LogP contribution in [-0.4, -0.2) is 15.5 Å². The molecule has 1 rings (SSSR count). The number of nitrogen functional groups attached to an aromatic ring is 1. The van der Waals surface area contributed by atoms with Crippen molar-refractivity contribution in [1.82, 2.24) is 9.55 Å². The average molecular weight is 163 g/mol. The summed E-state index contributed by atoms with van der Waals surface area (Å²) in [6.07, 6.45) is 6.01. The maximum atomic E-state index is 10.9. The Hall–Kier alpha value is -2.09. The van der Waals surface area contributed by atoms with Crippen molar-refractivity contribution in [3.63, 3.8) is 0 Å². The first-order chi connectivity index (χ1) is 5.66. The van der Waals surface area contributed by atoms with Crippen LogP contribution in [0.3, 0.4) is 0 Å². The van der Waals surface area contributed by atoms with Gasteiger partial charge in [0.1, 0.15) is 5.82 Å². The van der Waals surface area contributed by atoms with Crippen LogP contribution in [0.5, 0.6) is 0 Å². The first kappa shape index (κ1) is 8.01. The van der Waals surface area contributed by atoms with E-state index < -0.39 is 11.6 Å². The molecule has 0 amide bonds. The van der Waals surface area contributed by atoms with Crippen molar-refractivity contribution < 1.29 is 4.79 Å². The largest absolute Gasteiger partial charge is 0.385 e. The molecule has 0 saturated heterocycles. The lowest BCUT2D eigenvalue weighted by atomic mass is 10.5. The molecule has 5 heteroatoms. The number of aromatic nitrogens is 2. The minimum Gasteiger partial charge on any atom is -0.385 e. The fourth-order valence-corrected chi connectivity index (χ4v) is 0.689. The van der Waals surface area contributed by atoms with Crippen LogP contribution in [0.15, 0.2) is 17.1 Å². The van der Waals surface area contributed by atoms with Crippen LogP contribution < -0.4 is 11.4 Å².